The van der Waals surface area contributed by atoms with Crippen molar-refractivity contribution in [3.8, 4) is 5.75 Å². The number of anilines is 1. The molecule has 25 heavy (non-hydrogen) atoms. The van der Waals surface area contributed by atoms with Crippen LogP contribution < -0.4 is 15.4 Å². The van der Waals surface area contributed by atoms with Crippen LogP contribution in [0.1, 0.15) is 18.5 Å². The summed E-state index contributed by atoms with van der Waals surface area (Å²) in [6, 6.07) is 14.5. The van der Waals surface area contributed by atoms with Gasteiger partial charge in [0.05, 0.1) is 13.2 Å². The summed E-state index contributed by atoms with van der Waals surface area (Å²) in [6.07, 6.45) is 0. The summed E-state index contributed by atoms with van der Waals surface area (Å²) < 4.78 is 6.42. The molecule has 0 radical (unpaired) electrons. The molecule has 3 aromatic rings. The molecule has 0 bridgehead atoms. The lowest BCUT2D eigenvalue weighted by Gasteiger charge is -2.17. The molecule has 0 spiro atoms. The predicted octanol–water partition coefficient (Wildman–Crippen LogP) is 3.73. The normalized spacial score (nSPS) is 11.8. The van der Waals surface area contributed by atoms with E-state index >= 15 is 0 Å². The number of ether oxygens (including phenoxy) is 1. The summed E-state index contributed by atoms with van der Waals surface area (Å²) in [6.45, 7) is 1.81. The highest BCUT2D eigenvalue weighted by molar-refractivity contribution is 7.17. The van der Waals surface area contributed by atoms with Gasteiger partial charge in [0.15, 0.2) is 0 Å². The molecule has 2 amide bonds. The predicted molar refractivity (Wildman–Crippen MR) is 100 cm³/mol. The Hall–Kier alpha value is -2.86. The van der Waals surface area contributed by atoms with Crippen LogP contribution in [-0.4, -0.2) is 18.9 Å². The second kappa shape index (κ2) is 7.36. The number of para-hydroxylation sites is 1. The highest BCUT2D eigenvalue weighted by Gasteiger charge is 2.19. The lowest BCUT2D eigenvalue weighted by Crippen LogP contribution is -2.37. The second-order valence-electron chi connectivity index (χ2n) is 5.56. The van der Waals surface area contributed by atoms with Gasteiger partial charge in [0.1, 0.15) is 5.75 Å². The topological polar surface area (TPSA) is 67.4 Å². The summed E-state index contributed by atoms with van der Waals surface area (Å²) in [7, 11) is 1.57. The molecule has 128 valence electrons. The van der Waals surface area contributed by atoms with Gasteiger partial charge in [-0.05, 0) is 48.0 Å². The molecule has 0 aliphatic heterocycles. The maximum atomic E-state index is 12.2. The third-order valence-corrected chi connectivity index (χ3v) is 4.77. The minimum absolute atomic E-state index is 0.353. The first kappa shape index (κ1) is 17.0. The van der Waals surface area contributed by atoms with E-state index in [0.29, 0.717) is 11.4 Å². The van der Waals surface area contributed by atoms with E-state index in [1.807, 2.05) is 47.8 Å². The van der Waals surface area contributed by atoms with Gasteiger partial charge in [-0.2, -0.15) is 0 Å². The Morgan fingerprint density at radius 3 is 2.68 bits per heavy atom. The van der Waals surface area contributed by atoms with Crippen molar-refractivity contribution in [3.05, 3.63) is 59.5 Å². The molecule has 1 aromatic heterocycles. The molecule has 0 aliphatic rings. The van der Waals surface area contributed by atoms with Gasteiger partial charge in [0.25, 0.3) is 0 Å². The Labute approximate surface area is 149 Å². The molecule has 1 atom stereocenters. The zero-order chi connectivity index (χ0) is 17.8. The zero-order valence-corrected chi connectivity index (χ0v) is 14.7. The maximum absolute atomic E-state index is 12.2. The fourth-order valence-corrected chi connectivity index (χ4v) is 3.37. The van der Waals surface area contributed by atoms with Crippen LogP contribution >= 0.6 is 11.3 Å². The van der Waals surface area contributed by atoms with Crippen molar-refractivity contribution in [3.63, 3.8) is 0 Å². The molecule has 6 heteroatoms. The molecule has 5 nitrogen and oxygen atoms in total. The number of benzene rings is 2. The van der Waals surface area contributed by atoms with Crippen LogP contribution in [0.4, 0.5) is 5.69 Å². The number of hydrogen-bond acceptors (Lipinski definition) is 4. The number of amides is 2. The molecule has 2 N–H and O–H groups in total. The van der Waals surface area contributed by atoms with Crippen molar-refractivity contribution >= 4 is 38.9 Å². The average Bonchev–Trinajstić information content (AvgIpc) is 3.09. The van der Waals surface area contributed by atoms with Crippen molar-refractivity contribution in [2.75, 3.05) is 12.4 Å². The average molecular weight is 354 g/mol. The van der Waals surface area contributed by atoms with E-state index in [9.17, 15) is 9.59 Å². The van der Waals surface area contributed by atoms with Crippen LogP contribution in [-0.2, 0) is 9.59 Å². The van der Waals surface area contributed by atoms with E-state index in [1.54, 1.807) is 31.4 Å². The van der Waals surface area contributed by atoms with Crippen LogP contribution in [0.2, 0.25) is 0 Å². The standard InChI is InChI=1S/C19H18N2O3S/c1-12(15-5-3-4-6-16(15)24-2)20-18(22)19(23)21-14-7-8-17-13(11-14)9-10-25-17/h3-12H,1-2H3,(H,20,22)(H,21,23)/t12-/m1/s1. The number of fused-ring (bicyclic) bond motifs is 1. The molecular formula is C19H18N2O3S. The van der Waals surface area contributed by atoms with Crippen LogP contribution in [0.15, 0.2) is 53.9 Å². The number of carbonyl (C=O) groups is 2. The number of carbonyl (C=O) groups excluding carboxylic acids is 2. The monoisotopic (exact) mass is 354 g/mol. The Bertz CT molecular complexity index is 920. The second-order valence-corrected chi connectivity index (χ2v) is 6.51. The van der Waals surface area contributed by atoms with Gasteiger partial charge in [0, 0.05) is 16.0 Å². The minimum atomic E-state index is -0.698. The molecule has 0 saturated carbocycles. The largest absolute Gasteiger partial charge is 0.496 e. The summed E-state index contributed by atoms with van der Waals surface area (Å²) in [5.41, 5.74) is 1.40. The van der Waals surface area contributed by atoms with E-state index in [4.69, 9.17) is 4.74 Å². The fraction of sp³-hybridized carbons (Fsp3) is 0.158. The summed E-state index contributed by atoms with van der Waals surface area (Å²) in [5.74, 6) is -0.723. The fourth-order valence-electron chi connectivity index (χ4n) is 2.60. The summed E-state index contributed by atoms with van der Waals surface area (Å²) >= 11 is 1.63. The van der Waals surface area contributed by atoms with Crippen LogP contribution in [0.5, 0.6) is 5.75 Å². The van der Waals surface area contributed by atoms with Gasteiger partial charge in [0.2, 0.25) is 0 Å². The lowest BCUT2D eigenvalue weighted by molar-refractivity contribution is -0.136. The van der Waals surface area contributed by atoms with Gasteiger partial charge in [-0.15, -0.1) is 11.3 Å². The zero-order valence-electron chi connectivity index (χ0n) is 13.9. The highest BCUT2D eigenvalue weighted by atomic mass is 32.1. The first-order valence-corrected chi connectivity index (χ1v) is 8.68. The number of thiophene rings is 1. The van der Waals surface area contributed by atoms with Crippen LogP contribution in [0.25, 0.3) is 10.1 Å². The number of rotatable bonds is 4. The highest BCUT2D eigenvalue weighted by Crippen LogP contribution is 2.25. The van der Waals surface area contributed by atoms with Crippen molar-refractivity contribution < 1.29 is 14.3 Å². The Balaban J connectivity index is 1.66. The molecule has 0 aliphatic carbocycles. The third-order valence-electron chi connectivity index (χ3n) is 3.87. The van der Waals surface area contributed by atoms with Gasteiger partial charge in [-0.25, -0.2) is 0 Å². The molecule has 3 rings (SSSR count). The lowest BCUT2D eigenvalue weighted by atomic mass is 10.1. The Morgan fingerprint density at radius 1 is 1.08 bits per heavy atom. The van der Waals surface area contributed by atoms with E-state index in [2.05, 4.69) is 10.6 Å². The van der Waals surface area contributed by atoms with Crippen molar-refractivity contribution in [1.29, 1.82) is 0 Å². The molecule has 0 saturated heterocycles. The third kappa shape index (κ3) is 3.80. The molecule has 0 unspecified atom stereocenters. The van der Waals surface area contributed by atoms with E-state index in [0.717, 1.165) is 15.6 Å². The molecular weight excluding hydrogens is 336 g/mol. The molecule has 0 fully saturated rings. The molecule has 1 heterocycles. The van der Waals surface area contributed by atoms with Gasteiger partial charge >= 0.3 is 11.8 Å². The number of nitrogens with one attached hydrogen (secondary N) is 2. The number of hydrogen-bond donors (Lipinski definition) is 2. The van der Waals surface area contributed by atoms with E-state index in [1.165, 1.54) is 0 Å². The molecule has 2 aromatic carbocycles. The summed E-state index contributed by atoms with van der Waals surface area (Å²) in [5, 5.41) is 8.34. The Morgan fingerprint density at radius 2 is 1.88 bits per heavy atom. The van der Waals surface area contributed by atoms with Crippen molar-refractivity contribution in [2.45, 2.75) is 13.0 Å². The first-order chi connectivity index (χ1) is 12.1. The van der Waals surface area contributed by atoms with Crippen molar-refractivity contribution in [2.24, 2.45) is 0 Å². The maximum Gasteiger partial charge on any atom is 0.313 e. The van der Waals surface area contributed by atoms with E-state index < -0.39 is 11.8 Å². The van der Waals surface area contributed by atoms with Gasteiger partial charge < -0.3 is 15.4 Å². The summed E-state index contributed by atoms with van der Waals surface area (Å²) in [4.78, 5) is 24.3. The van der Waals surface area contributed by atoms with Crippen LogP contribution in [0, 0.1) is 0 Å². The smallest absolute Gasteiger partial charge is 0.313 e. The number of methoxy groups -OCH3 is 1. The van der Waals surface area contributed by atoms with Gasteiger partial charge in [-0.1, -0.05) is 18.2 Å². The van der Waals surface area contributed by atoms with Gasteiger partial charge in [-0.3, -0.25) is 9.59 Å². The van der Waals surface area contributed by atoms with E-state index in [-0.39, 0.29) is 6.04 Å². The Kier molecular flexibility index (Phi) is 5.00. The first-order valence-electron chi connectivity index (χ1n) is 7.80. The SMILES string of the molecule is COc1ccccc1[C@@H](C)NC(=O)C(=O)Nc1ccc2sccc2c1. The minimum Gasteiger partial charge on any atom is -0.496 e. The van der Waals surface area contributed by atoms with Crippen molar-refractivity contribution in [1.82, 2.24) is 5.32 Å². The van der Waals surface area contributed by atoms with Crippen LogP contribution in [0.3, 0.4) is 0 Å². The quantitative estimate of drug-likeness (QED) is 0.702.